The van der Waals surface area contributed by atoms with Crippen LogP contribution >= 0.6 is 0 Å². The van der Waals surface area contributed by atoms with E-state index >= 15 is 0 Å². The Labute approximate surface area is 157 Å². The lowest BCUT2D eigenvalue weighted by molar-refractivity contribution is 0.469. The zero-order valence-electron chi connectivity index (χ0n) is 15.1. The van der Waals surface area contributed by atoms with Crippen LogP contribution in [0.2, 0.25) is 0 Å². The number of nitrogens with zero attached hydrogens (tertiary/aromatic N) is 3. The predicted molar refractivity (Wildman–Crippen MR) is 107 cm³/mol. The zero-order valence-corrected chi connectivity index (χ0v) is 15.1. The number of ether oxygens (including phenoxy) is 1. The van der Waals surface area contributed by atoms with E-state index in [1.165, 1.54) is 6.33 Å². The number of para-hydroxylation sites is 1. The van der Waals surface area contributed by atoms with E-state index in [2.05, 4.69) is 26.3 Å². The first-order chi connectivity index (χ1) is 13.1. The van der Waals surface area contributed by atoms with Crippen LogP contribution in [-0.2, 0) is 0 Å². The van der Waals surface area contributed by atoms with Crippen LogP contribution in [0.3, 0.4) is 0 Å². The Hall–Kier alpha value is -3.67. The maximum Gasteiger partial charge on any atom is 0.248 e. The number of anilines is 3. The first-order valence-electron chi connectivity index (χ1n) is 8.57. The van der Waals surface area contributed by atoms with E-state index < -0.39 is 0 Å². The van der Waals surface area contributed by atoms with E-state index in [0.29, 0.717) is 17.3 Å². The molecule has 0 spiro atoms. The molecular formula is C21H19N5O. The van der Waals surface area contributed by atoms with Crippen molar-refractivity contribution in [3.8, 4) is 11.6 Å². The summed E-state index contributed by atoms with van der Waals surface area (Å²) in [5.41, 5.74) is 10.6. The fourth-order valence-electron chi connectivity index (χ4n) is 3.01. The first-order valence-corrected chi connectivity index (χ1v) is 8.57. The molecule has 0 aliphatic rings. The van der Waals surface area contributed by atoms with Crippen molar-refractivity contribution in [1.29, 1.82) is 0 Å². The molecule has 0 saturated carbocycles. The van der Waals surface area contributed by atoms with Gasteiger partial charge >= 0.3 is 0 Å². The maximum absolute atomic E-state index is 6.27. The number of aromatic nitrogens is 3. The third kappa shape index (κ3) is 3.50. The number of aryl methyl sites for hydroxylation is 2. The van der Waals surface area contributed by atoms with Gasteiger partial charge in [0.25, 0.3) is 0 Å². The monoisotopic (exact) mass is 357 g/mol. The molecular weight excluding hydrogens is 338 g/mol. The highest BCUT2D eigenvalue weighted by Crippen LogP contribution is 2.33. The number of rotatable bonds is 4. The van der Waals surface area contributed by atoms with Crippen LogP contribution in [0, 0.1) is 13.8 Å². The summed E-state index contributed by atoms with van der Waals surface area (Å²) in [6, 6.07) is 15.8. The molecule has 0 aliphatic carbocycles. The Kier molecular flexibility index (Phi) is 4.30. The lowest BCUT2D eigenvalue weighted by Gasteiger charge is -2.13. The fraction of sp³-hybridized carbons (Fsp3) is 0.0952. The Morgan fingerprint density at radius 2 is 1.70 bits per heavy atom. The van der Waals surface area contributed by atoms with E-state index in [1.807, 2.05) is 56.3 Å². The number of fused-ring (bicyclic) bond motifs is 1. The molecule has 0 radical (unpaired) electrons. The molecule has 0 unspecified atom stereocenters. The average molecular weight is 357 g/mol. The van der Waals surface area contributed by atoms with Gasteiger partial charge < -0.3 is 15.8 Å². The van der Waals surface area contributed by atoms with E-state index in [1.54, 1.807) is 6.20 Å². The molecule has 2 heterocycles. The first kappa shape index (κ1) is 16.8. The largest absolute Gasteiger partial charge is 0.435 e. The zero-order chi connectivity index (χ0) is 18.8. The van der Waals surface area contributed by atoms with Crippen LogP contribution in [0.4, 0.5) is 17.2 Å². The molecule has 2 aromatic carbocycles. The summed E-state index contributed by atoms with van der Waals surface area (Å²) in [5, 5.41) is 4.23. The van der Waals surface area contributed by atoms with Crippen LogP contribution in [-0.4, -0.2) is 15.0 Å². The molecule has 0 aliphatic heterocycles. The van der Waals surface area contributed by atoms with Gasteiger partial charge in [-0.05, 0) is 49.2 Å². The highest BCUT2D eigenvalue weighted by atomic mass is 16.5. The Morgan fingerprint density at radius 3 is 2.52 bits per heavy atom. The second-order valence-corrected chi connectivity index (χ2v) is 6.38. The number of pyridine rings is 1. The van der Waals surface area contributed by atoms with E-state index in [4.69, 9.17) is 10.5 Å². The minimum absolute atomic E-state index is 0.287. The summed E-state index contributed by atoms with van der Waals surface area (Å²) in [5.74, 6) is 1.38. The molecule has 3 N–H and O–H groups in total. The van der Waals surface area contributed by atoms with Crippen molar-refractivity contribution < 1.29 is 4.74 Å². The van der Waals surface area contributed by atoms with Gasteiger partial charge in [-0.15, -0.1) is 0 Å². The molecule has 0 atom stereocenters. The Morgan fingerprint density at radius 1 is 0.926 bits per heavy atom. The number of hydrogen-bond donors (Lipinski definition) is 2. The standard InChI is InChI=1S/C21H19N5O/c1-13-9-14(2)11-16(10-13)26-20-18(22)21(25-12-24-20)27-17-7-3-5-15-6-4-8-23-19(15)17/h3-12H,22H2,1-2H3,(H,24,25,26). The number of nitrogens with one attached hydrogen (secondary N) is 1. The molecule has 134 valence electrons. The van der Waals surface area contributed by atoms with Gasteiger partial charge in [-0.25, -0.2) is 4.98 Å². The Balaban J connectivity index is 1.67. The number of nitrogen functional groups attached to an aromatic ring is 1. The van der Waals surface area contributed by atoms with Gasteiger partial charge in [-0.3, -0.25) is 4.98 Å². The topological polar surface area (TPSA) is 86.0 Å². The molecule has 0 bridgehead atoms. The predicted octanol–water partition coefficient (Wildman–Crippen LogP) is 4.76. The van der Waals surface area contributed by atoms with Crippen LogP contribution in [0.25, 0.3) is 10.9 Å². The molecule has 6 heteroatoms. The lowest BCUT2D eigenvalue weighted by atomic mass is 10.1. The van der Waals surface area contributed by atoms with Crippen molar-refractivity contribution in [3.63, 3.8) is 0 Å². The molecule has 4 aromatic rings. The number of benzene rings is 2. The van der Waals surface area contributed by atoms with Gasteiger partial charge in [0.1, 0.15) is 17.5 Å². The second kappa shape index (κ2) is 6.92. The van der Waals surface area contributed by atoms with Crippen molar-refractivity contribution in [2.75, 3.05) is 11.1 Å². The van der Waals surface area contributed by atoms with Crippen molar-refractivity contribution in [1.82, 2.24) is 15.0 Å². The molecule has 4 rings (SSSR count). The molecule has 6 nitrogen and oxygen atoms in total. The van der Waals surface area contributed by atoms with Gasteiger partial charge in [0, 0.05) is 17.3 Å². The van der Waals surface area contributed by atoms with Crippen LogP contribution in [0.1, 0.15) is 11.1 Å². The number of hydrogen-bond acceptors (Lipinski definition) is 6. The minimum atomic E-state index is 0.287. The number of nitrogens with two attached hydrogens (primary N) is 1. The SMILES string of the molecule is Cc1cc(C)cc(Nc2ncnc(Oc3cccc4cccnc34)c2N)c1. The van der Waals surface area contributed by atoms with Crippen molar-refractivity contribution in [3.05, 3.63) is 72.2 Å². The summed E-state index contributed by atoms with van der Waals surface area (Å²) in [4.78, 5) is 12.8. The van der Waals surface area contributed by atoms with Crippen LogP contribution in [0.5, 0.6) is 11.6 Å². The third-order valence-corrected chi connectivity index (χ3v) is 4.13. The molecule has 27 heavy (non-hydrogen) atoms. The van der Waals surface area contributed by atoms with E-state index in [-0.39, 0.29) is 5.88 Å². The van der Waals surface area contributed by atoms with Gasteiger partial charge in [-0.2, -0.15) is 4.98 Å². The van der Waals surface area contributed by atoms with Crippen molar-refractivity contribution in [2.45, 2.75) is 13.8 Å². The average Bonchev–Trinajstić information content (AvgIpc) is 2.64. The summed E-state index contributed by atoms with van der Waals surface area (Å²) in [6.07, 6.45) is 3.15. The second-order valence-electron chi connectivity index (χ2n) is 6.38. The maximum atomic E-state index is 6.27. The van der Waals surface area contributed by atoms with Crippen molar-refractivity contribution >= 4 is 28.1 Å². The molecule has 2 aromatic heterocycles. The Bertz CT molecular complexity index is 1100. The molecule has 0 saturated heterocycles. The minimum Gasteiger partial charge on any atom is -0.435 e. The highest BCUT2D eigenvalue weighted by Gasteiger charge is 2.13. The van der Waals surface area contributed by atoms with Gasteiger partial charge in [0.15, 0.2) is 11.6 Å². The summed E-state index contributed by atoms with van der Waals surface area (Å²) < 4.78 is 5.97. The van der Waals surface area contributed by atoms with E-state index in [9.17, 15) is 0 Å². The van der Waals surface area contributed by atoms with Gasteiger partial charge in [-0.1, -0.05) is 24.3 Å². The van der Waals surface area contributed by atoms with Crippen LogP contribution < -0.4 is 15.8 Å². The summed E-state index contributed by atoms with van der Waals surface area (Å²) >= 11 is 0. The van der Waals surface area contributed by atoms with Crippen molar-refractivity contribution in [2.24, 2.45) is 0 Å². The van der Waals surface area contributed by atoms with Gasteiger partial charge in [0.2, 0.25) is 5.88 Å². The van der Waals surface area contributed by atoms with Gasteiger partial charge in [0.05, 0.1) is 0 Å². The summed E-state index contributed by atoms with van der Waals surface area (Å²) in [6.45, 7) is 4.09. The normalized spacial score (nSPS) is 10.7. The fourth-order valence-corrected chi connectivity index (χ4v) is 3.01. The smallest absolute Gasteiger partial charge is 0.248 e. The van der Waals surface area contributed by atoms with Crippen LogP contribution in [0.15, 0.2) is 61.1 Å². The molecule has 0 amide bonds. The quantitative estimate of drug-likeness (QED) is 0.548. The highest BCUT2D eigenvalue weighted by molar-refractivity contribution is 5.84. The molecule has 0 fully saturated rings. The third-order valence-electron chi connectivity index (χ3n) is 4.13. The summed E-state index contributed by atoms with van der Waals surface area (Å²) in [7, 11) is 0. The lowest BCUT2D eigenvalue weighted by Crippen LogP contribution is -2.03. The van der Waals surface area contributed by atoms with E-state index in [0.717, 1.165) is 27.7 Å².